The van der Waals surface area contributed by atoms with E-state index in [9.17, 15) is 9.59 Å². The van der Waals surface area contributed by atoms with Crippen LogP contribution in [0.3, 0.4) is 0 Å². The Morgan fingerprint density at radius 1 is 0.900 bits per heavy atom. The highest BCUT2D eigenvalue weighted by Crippen LogP contribution is 2.27. The maximum Gasteiger partial charge on any atom is 0.334 e. The van der Waals surface area contributed by atoms with Gasteiger partial charge in [0.2, 0.25) is 0 Å². The zero-order chi connectivity index (χ0) is 15.1. The summed E-state index contributed by atoms with van der Waals surface area (Å²) in [7, 11) is 0. The molecule has 0 atom stereocenters. The minimum atomic E-state index is -1.15. The first-order chi connectivity index (χ1) is 9.41. The van der Waals surface area contributed by atoms with Crippen LogP contribution < -0.4 is 9.47 Å². The van der Waals surface area contributed by atoms with Crippen LogP contribution >= 0.6 is 0 Å². The van der Waals surface area contributed by atoms with E-state index in [1.165, 1.54) is 0 Å². The Morgan fingerprint density at radius 2 is 1.25 bits per heavy atom. The largest absolute Gasteiger partial charge is 0.485 e. The number of carboxylic acid groups (broad SMARTS) is 2. The number of benzene rings is 1. The Labute approximate surface area is 115 Å². The summed E-state index contributed by atoms with van der Waals surface area (Å²) in [6.07, 6.45) is 0. The SMILES string of the molecule is C=C(COc1ccccc1OCC(=C)C(=O)O)C(=O)O. The second kappa shape index (κ2) is 6.98. The molecule has 0 radical (unpaired) electrons. The lowest BCUT2D eigenvalue weighted by molar-refractivity contribution is -0.134. The highest BCUT2D eigenvalue weighted by molar-refractivity contribution is 5.86. The molecule has 0 aliphatic carbocycles. The van der Waals surface area contributed by atoms with E-state index in [2.05, 4.69) is 13.2 Å². The van der Waals surface area contributed by atoms with E-state index in [0.29, 0.717) is 11.5 Å². The number of carboxylic acids is 2. The minimum Gasteiger partial charge on any atom is -0.485 e. The Balaban J connectivity index is 2.68. The minimum absolute atomic E-state index is 0.102. The first kappa shape index (κ1) is 15.3. The van der Waals surface area contributed by atoms with E-state index < -0.39 is 11.9 Å². The van der Waals surface area contributed by atoms with E-state index in [1.54, 1.807) is 24.3 Å². The fourth-order valence-electron chi connectivity index (χ4n) is 1.14. The fraction of sp³-hybridized carbons (Fsp3) is 0.143. The maximum atomic E-state index is 10.6. The summed E-state index contributed by atoms with van der Waals surface area (Å²) < 4.78 is 10.5. The standard InChI is InChI=1S/C14H14O6/c1-9(13(15)16)7-19-11-5-3-4-6-12(11)20-8-10(2)14(17)18/h3-6H,1-2,7-8H2,(H,15,16)(H,17,18). The third kappa shape index (κ3) is 4.49. The number of ether oxygens (including phenoxy) is 2. The summed E-state index contributed by atoms with van der Waals surface area (Å²) in [6.45, 7) is 6.28. The summed E-state index contributed by atoms with van der Waals surface area (Å²) in [5, 5.41) is 17.4. The van der Waals surface area contributed by atoms with Crippen molar-refractivity contribution in [3.63, 3.8) is 0 Å². The lowest BCUT2D eigenvalue weighted by Crippen LogP contribution is -2.11. The average molecular weight is 278 g/mol. The predicted molar refractivity (Wildman–Crippen MR) is 71.0 cm³/mol. The van der Waals surface area contributed by atoms with Crippen LogP contribution in [0.4, 0.5) is 0 Å². The third-order valence-electron chi connectivity index (χ3n) is 2.26. The highest BCUT2D eigenvalue weighted by atomic mass is 16.5. The number of carbonyl (C=O) groups is 2. The van der Waals surface area contributed by atoms with Crippen LogP contribution in [-0.4, -0.2) is 35.4 Å². The van der Waals surface area contributed by atoms with Crippen molar-refractivity contribution < 1.29 is 29.3 Å². The molecule has 1 aromatic rings. The summed E-state index contributed by atoms with van der Waals surface area (Å²) in [4.78, 5) is 21.2. The van der Waals surface area contributed by atoms with Crippen LogP contribution in [0.2, 0.25) is 0 Å². The molecule has 1 aromatic carbocycles. The second-order valence-corrected chi connectivity index (χ2v) is 3.84. The van der Waals surface area contributed by atoms with Crippen molar-refractivity contribution in [1.29, 1.82) is 0 Å². The number of aliphatic carboxylic acids is 2. The fourth-order valence-corrected chi connectivity index (χ4v) is 1.14. The van der Waals surface area contributed by atoms with Gasteiger partial charge >= 0.3 is 11.9 Å². The van der Waals surface area contributed by atoms with Crippen LogP contribution in [0.1, 0.15) is 0 Å². The van der Waals surface area contributed by atoms with Crippen molar-refractivity contribution in [2.24, 2.45) is 0 Å². The molecule has 1 rings (SSSR count). The van der Waals surface area contributed by atoms with Gasteiger partial charge in [-0.15, -0.1) is 0 Å². The van der Waals surface area contributed by atoms with Gasteiger partial charge in [-0.1, -0.05) is 25.3 Å². The van der Waals surface area contributed by atoms with Crippen LogP contribution in [0.15, 0.2) is 48.6 Å². The third-order valence-corrected chi connectivity index (χ3v) is 2.26. The number of para-hydroxylation sites is 2. The maximum absolute atomic E-state index is 10.6. The molecule has 0 unspecified atom stereocenters. The van der Waals surface area contributed by atoms with Gasteiger partial charge < -0.3 is 19.7 Å². The van der Waals surface area contributed by atoms with Crippen molar-refractivity contribution in [3.8, 4) is 11.5 Å². The first-order valence-corrected chi connectivity index (χ1v) is 5.58. The van der Waals surface area contributed by atoms with E-state index in [-0.39, 0.29) is 24.4 Å². The van der Waals surface area contributed by atoms with E-state index in [0.717, 1.165) is 0 Å². The monoisotopic (exact) mass is 278 g/mol. The molecular weight excluding hydrogens is 264 g/mol. The first-order valence-electron chi connectivity index (χ1n) is 5.58. The molecule has 0 saturated carbocycles. The summed E-state index contributed by atoms with van der Waals surface area (Å²) in [5.74, 6) is -1.70. The van der Waals surface area contributed by atoms with Crippen LogP contribution in [0.25, 0.3) is 0 Å². The average Bonchev–Trinajstić information content (AvgIpc) is 2.42. The van der Waals surface area contributed by atoms with Crippen LogP contribution in [0, 0.1) is 0 Å². The number of hydrogen-bond donors (Lipinski definition) is 2. The van der Waals surface area contributed by atoms with Gasteiger partial charge in [-0.2, -0.15) is 0 Å². The van der Waals surface area contributed by atoms with Gasteiger partial charge in [0.25, 0.3) is 0 Å². The molecule has 0 saturated heterocycles. The molecule has 0 aromatic heterocycles. The summed E-state index contributed by atoms with van der Waals surface area (Å²) in [6, 6.07) is 6.51. The highest BCUT2D eigenvalue weighted by Gasteiger charge is 2.10. The molecule has 0 aliphatic rings. The molecule has 106 valence electrons. The Kier molecular flexibility index (Phi) is 5.34. The molecule has 0 fully saturated rings. The quantitative estimate of drug-likeness (QED) is 0.703. The van der Waals surface area contributed by atoms with Gasteiger partial charge in [-0.05, 0) is 12.1 Å². The molecule has 20 heavy (non-hydrogen) atoms. The molecule has 0 spiro atoms. The van der Waals surface area contributed by atoms with E-state index in [4.69, 9.17) is 19.7 Å². The van der Waals surface area contributed by atoms with E-state index in [1.807, 2.05) is 0 Å². The van der Waals surface area contributed by atoms with Crippen molar-refractivity contribution in [2.45, 2.75) is 0 Å². The normalized spacial score (nSPS) is 9.60. The number of hydrogen-bond acceptors (Lipinski definition) is 4. The zero-order valence-corrected chi connectivity index (χ0v) is 10.7. The lowest BCUT2D eigenvalue weighted by atomic mass is 10.3. The Morgan fingerprint density at radius 3 is 1.55 bits per heavy atom. The van der Waals surface area contributed by atoms with Crippen LogP contribution in [-0.2, 0) is 9.59 Å². The van der Waals surface area contributed by atoms with Crippen LogP contribution in [0.5, 0.6) is 11.5 Å². The lowest BCUT2D eigenvalue weighted by Gasteiger charge is -2.12. The van der Waals surface area contributed by atoms with Crippen molar-refractivity contribution in [1.82, 2.24) is 0 Å². The molecule has 0 heterocycles. The molecule has 6 heteroatoms. The van der Waals surface area contributed by atoms with Gasteiger partial charge in [0.1, 0.15) is 13.2 Å². The van der Waals surface area contributed by atoms with E-state index >= 15 is 0 Å². The van der Waals surface area contributed by atoms with Gasteiger partial charge in [-0.25, -0.2) is 9.59 Å². The Bertz CT molecular complexity index is 497. The molecule has 0 amide bonds. The van der Waals surface area contributed by atoms with Gasteiger partial charge in [0, 0.05) is 0 Å². The zero-order valence-electron chi connectivity index (χ0n) is 10.7. The topological polar surface area (TPSA) is 93.1 Å². The molecule has 0 aliphatic heterocycles. The molecule has 0 bridgehead atoms. The van der Waals surface area contributed by atoms with Gasteiger partial charge in [0.05, 0.1) is 11.1 Å². The van der Waals surface area contributed by atoms with Gasteiger partial charge in [0.15, 0.2) is 11.5 Å². The smallest absolute Gasteiger partial charge is 0.334 e. The predicted octanol–water partition coefficient (Wildman–Crippen LogP) is 1.73. The van der Waals surface area contributed by atoms with Crippen molar-refractivity contribution in [3.05, 3.63) is 48.6 Å². The van der Waals surface area contributed by atoms with Gasteiger partial charge in [-0.3, -0.25) is 0 Å². The summed E-state index contributed by atoms with van der Waals surface area (Å²) >= 11 is 0. The molecule has 2 N–H and O–H groups in total. The van der Waals surface area contributed by atoms with Crippen molar-refractivity contribution >= 4 is 11.9 Å². The second-order valence-electron chi connectivity index (χ2n) is 3.84. The molecular formula is C14H14O6. The van der Waals surface area contributed by atoms with Crippen molar-refractivity contribution in [2.75, 3.05) is 13.2 Å². The molecule has 6 nitrogen and oxygen atoms in total. The number of rotatable bonds is 8. The Hall–Kier alpha value is -2.76. The summed E-state index contributed by atoms with van der Waals surface area (Å²) in [5.41, 5.74) is -0.204.